The average molecular weight is 288 g/mol. The van der Waals surface area contributed by atoms with E-state index in [0.717, 1.165) is 41.6 Å². The highest BCUT2D eigenvalue weighted by atomic mass is 32.2. The Morgan fingerprint density at radius 2 is 1.90 bits per heavy atom. The van der Waals surface area contributed by atoms with E-state index in [-0.39, 0.29) is 5.91 Å². The van der Waals surface area contributed by atoms with Gasteiger partial charge in [0.15, 0.2) is 0 Å². The lowest BCUT2D eigenvalue weighted by Crippen LogP contribution is -2.14. The van der Waals surface area contributed by atoms with E-state index >= 15 is 0 Å². The van der Waals surface area contributed by atoms with Gasteiger partial charge in [0.2, 0.25) is 5.91 Å². The number of hydrogen-bond donors (Lipinski definition) is 2. The molecule has 3 N–H and O–H groups in total. The van der Waals surface area contributed by atoms with Gasteiger partial charge in [0.1, 0.15) is 0 Å². The van der Waals surface area contributed by atoms with Crippen molar-refractivity contribution in [2.75, 3.05) is 23.4 Å². The number of fused-ring (bicyclic) bond motifs is 1. The number of amides is 1. The van der Waals surface area contributed by atoms with Gasteiger partial charge in [-0.05, 0) is 36.6 Å². The standard InChI is InChI=1S/C16H20N2OS/c17-10-3-4-11-20-12-16(19)18-15-9-5-7-13-6-1-2-8-14(13)15/h1-2,5-9H,3-4,10-12,17H2,(H,18,19). The van der Waals surface area contributed by atoms with E-state index in [1.807, 2.05) is 42.5 Å². The van der Waals surface area contributed by atoms with Crippen LogP contribution in [0.25, 0.3) is 10.8 Å². The van der Waals surface area contributed by atoms with Gasteiger partial charge < -0.3 is 11.1 Å². The van der Waals surface area contributed by atoms with Crippen LogP contribution in [0, 0.1) is 0 Å². The van der Waals surface area contributed by atoms with Crippen molar-refractivity contribution < 1.29 is 4.79 Å². The number of benzene rings is 2. The highest BCUT2D eigenvalue weighted by Gasteiger charge is 2.05. The van der Waals surface area contributed by atoms with Gasteiger partial charge in [-0.1, -0.05) is 36.4 Å². The van der Waals surface area contributed by atoms with Gasteiger partial charge in [0.25, 0.3) is 0 Å². The van der Waals surface area contributed by atoms with E-state index in [0.29, 0.717) is 5.75 Å². The molecular formula is C16H20N2OS. The molecule has 0 spiro atoms. The molecule has 2 aromatic carbocycles. The number of carbonyl (C=O) groups excluding carboxylic acids is 1. The molecule has 0 unspecified atom stereocenters. The fraction of sp³-hybridized carbons (Fsp3) is 0.312. The number of nitrogens with one attached hydrogen (secondary N) is 1. The predicted molar refractivity (Wildman–Crippen MR) is 88.2 cm³/mol. The number of carbonyl (C=O) groups is 1. The first-order valence-corrected chi connectivity index (χ1v) is 8.02. The second kappa shape index (κ2) is 7.92. The molecule has 2 rings (SSSR count). The topological polar surface area (TPSA) is 55.1 Å². The SMILES string of the molecule is NCCCCSCC(=O)Nc1cccc2ccccc12. The first-order valence-electron chi connectivity index (χ1n) is 6.86. The lowest BCUT2D eigenvalue weighted by molar-refractivity contribution is -0.113. The molecule has 2 aromatic rings. The molecule has 0 fully saturated rings. The van der Waals surface area contributed by atoms with Crippen LogP contribution in [0.3, 0.4) is 0 Å². The van der Waals surface area contributed by atoms with Crippen molar-refractivity contribution in [1.29, 1.82) is 0 Å². The lowest BCUT2D eigenvalue weighted by Gasteiger charge is -2.08. The molecule has 4 heteroatoms. The lowest BCUT2D eigenvalue weighted by atomic mass is 10.1. The minimum atomic E-state index is 0.0547. The monoisotopic (exact) mass is 288 g/mol. The number of hydrogen-bond acceptors (Lipinski definition) is 3. The second-order valence-corrected chi connectivity index (χ2v) is 5.73. The van der Waals surface area contributed by atoms with Crippen molar-refractivity contribution in [2.24, 2.45) is 5.73 Å². The Kier molecular flexibility index (Phi) is 5.89. The molecule has 0 radical (unpaired) electrons. The zero-order chi connectivity index (χ0) is 14.2. The van der Waals surface area contributed by atoms with Crippen molar-refractivity contribution in [3.05, 3.63) is 42.5 Å². The van der Waals surface area contributed by atoms with E-state index in [1.54, 1.807) is 11.8 Å². The fourth-order valence-corrected chi connectivity index (χ4v) is 2.84. The molecule has 0 heterocycles. The van der Waals surface area contributed by atoms with E-state index in [9.17, 15) is 4.79 Å². The smallest absolute Gasteiger partial charge is 0.234 e. The predicted octanol–water partition coefficient (Wildman–Crippen LogP) is 3.25. The maximum Gasteiger partial charge on any atom is 0.234 e. The largest absolute Gasteiger partial charge is 0.330 e. The molecule has 106 valence electrons. The highest BCUT2D eigenvalue weighted by molar-refractivity contribution is 7.99. The normalized spacial score (nSPS) is 10.7. The Labute approximate surface area is 123 Å². The molecule has 0 aliphatic carbocycles. The van der Waals surface area contributed by atoms with Crippen molar-refractivity contribution >= 4 is 34.1 Å². The summed E-state index contributed by atoms with van der Waals surface area (Å²) in [6, 6.07) is 14.0. The fourth-order valence-electron chi connectivity index (χ4n) is 2.03. The summed E-state index contributed by atoms with van der Waals surface area (Å²) in [5, 5.41) is 5.21. The van der Waals surface area contributed by atoms with E-state index in [4.69, 9.17) is 5.73 Å². The Morgan fingerprint density at radius 1 is 1.10 bits per heavy atom. The number of thioether (sulfide) groups is 1. The highest BCUT2D eigenvalue weighted by Crippen LogP contribution is 2.23. The Balaban J connectivity index is 1.90. The molecule has 0 aromatic heterocycles. The summed E-state index contributed by atoms with van der Waals surface area (Å²) >= 11 is 1.66. The van der Waals surface area contributed by atoms with Crippen molar-refractivity contribution in [1.82, 2.24) is 0 Å². The van der Waals surface area contributed by atoms with Crippen LogP contribution in [0.5, 0.6) is 0 Å². The Hall–Kier alpha value is -1.52. The molecule has 1 amide bonds. The van der Waals surface area contributed by atoms with Gasteiger partial charge in [0.05, 0.1) is 5.75 Å². The van der Waals surface area contributed by atoms with Crippen LogP contribution in [0.1, 0.15) is 12.8 Å². The second-order valence-electron chi connectivity index (χ2n) is 4.62. The molecule has 3 nitrogen and oxygen atoms in total. The van der Waals surface area contributed by atoms with Gasteiger partial charge in [-0.25, -0.2) is 0 Å². The first kappa shape index (κ1) is 14.9. The third-order valence-corrected chi connectivity index (χ3v) is 4.08. The summed E-state index contributed by atoms with van der Waals surface area (Å²) in [5.74, 6) is 1.53. The van der Waals surface area contributed by atoms with Crippen LogP contribution < -0.4 is 11.1 Å². The van der Waals surface area contributed by atoms with Gasteiger partial charge >= 0.3 is 0 Å². The van der Waals surface area contributed by atoms with Gasteiger partial charge in [-0.3, -0.25) is 4.79 Å². The van der Waals surface area contributed by atoms with E-state index < -0.39 is 0 Å². The number of rotatable bonds is 7. The zero-order valence-corrected chi connectivity index (χ0v) is 12.3. The van der Waals surface area contributed by atoms with Gasteiger partial charge in [-0.2, -0.15) is 11.8 Å². The number of anilines is 1. The maximum absolute atomic E-state index is 11.9. The summed E-state index contributed by atoms with van der Waals surface area (Å²) < 4.78 is 0. The van der Waals surface area contributed by atoms with Gasteiger partial charge in [-0.15, -0.1) is 0 Å². The van der Waals surface area contributed by atoms with Crippen LogP contribution in [0.2, 0.25) is 0 Å². The molecule has 0 aliphatic heterocycles. The minimum absolute atomic E-state index is 0.0547. The summed E-state index contributed by atoms with van der Waals surface area (Å²) in [6.45, 7) is 0.725. The molecule has 0 saturated heterocycles. The Morgan fingerprint density at radius 3 is 2.75 bits per heavy atom. The molecule has 0 aliphatic rings. The zero-order valence-electron chi connectivity index (χ0n) is 11.5. The first-order chi connectivity index (χ1) is 9.81. The van der Waals surface area contributed by atoms with Crippen LogP contribution in [-0.2, 0) is 4.79 Å². The number of nitrogens with two attached hydrogens (primary N) is 1. The average Bonchev–Trinajstić information content (AvgIpc) is 2.47. The molecule has 0 saturated carbocycles. The summed E-state index contributed by atoms with van der Waals surface area (Å²) in [7, 11) is 0. The third kappa shape index (κ3) is 4.25. The molecular weight excluding hydrogens is 268 g/mol. The van der Waals surface area contributed by atoms with Gasteiger partial charge in [0, 0.05) is 11.1 Å². The summed E-state index contributed by atoms with van der Waals surface area (Å²) in [4.78, 5) is 11.9. The van der Waals surface area contributed by atoms with Crippen molar-refractivity contribution in [2.45, 2.75) is 12.8 Å². The quantitative estimate of drug-likeness (QED) is 0.769. The minimum Gasteiger partial charge on any atom is -0.330 e. The number of unbranched alkanes of at least 4 members (excludes halogenated alkanes) is 1. The van der Waals surface area contributed by atoms with Crippen LogP contribution in [0.4, 0.5) is 5.69 Å². The van der Waals surface area contributed by atoms with Crippen LogP contribution in [-0.4, -0.2) is 24.0 Å². The molecule has 0 bridgehead atoms. The summed E-state index contributed by atoms with van der Waals surface area (Å²) in [6.07, 6.45) is 2.10. The molecule has 20 heavy (non-hydrogen) atoms. The Bertz CT molecular complexity index is 566. The molecule has 0 atom stereocenters. The third-order valence-electron chi connectivity index (χ3n) is 3.04. The van der Waals surface area contributed by atoms with E-state index in [1.165, 1.54) is 0 Å². The maximum atomic E-state index is 11.9. The van der Waals surface area contributed by atoms with Crippen molar-refractivity contribution in [3.8, 4) is 0 Å². The van der Waals surface area contributed by atoms with Crippen LogP contribution >= 0.6 is 11.8 Å². The van der Waals surface area contributed by atoms with Crippen LogP contribution in [0.15, 0.2) is 42.5 Å². The van der Waals surface area contributed by atoms with E-state index in [2.05, 4.69) is 5.32 Å². The summed E-state index contributed by atoms with van der Waals surface area (Å²) in [5.41, 5.74) is 6.32. The van der Waals surface area contributed by atoms with Crippen molar-refractivity contribution in [3.63, 3.8) is 0 Å².